The van der Waals surface area contributed by atoms with Gasteiger partial charge in [-0.2, -0.15) is 0 Å². The molecule has 0 radical (unpaired) electrons. The molecular weight excluding hydrogens is 460 g/mol. The van der Waals surface area contributed by atoms with Crippen LogP contribution in [-0.4, -0.2) is 61.5 Å². The Labute approximate surface area is 191 Å². The van der Waals surface area contributed by atoms with Gasteiger partial charge in [0.1, 0.15) is 11.6 Å². The minimum absolute atomic E-state index is 0.0216. The van der Waals surface area contributed by atoms with Crippen molar-refractivity contribution in [1.29, 1.82) is 0 Å². The second kappa shape index (κ2) is 10.6. The molecule has 2 aromatic rings. The number of piperazine rings is 1. The normalized spacial score (nSPS) is 14.8. The van der Waals surface area contributed by atoms with Crippen molar-refractivity contribution >= 4 is 33.6 Å². The molecule has 1 aromatic heterocycles. The number of hydrogen-bond acceptors (Lipinski definition) is 5. The van der Waals surface area contributed by atoms with Gasteiger partial charge in [0.25, 0.3) is 11.8 Å². The standard InChI is InChI=1S/C23H29BrN4O3/c1-4-16(2)14-26-22(29)17-5-8-21(25-15-17)27-9-11-28(12-10-27)23(30)19-13-18(31-3)6-7-20(19)24/h5-8,13,15-16H,4,9-12,14H2,1-3H3,(H,26,29). The van der Waals surface area contributed by atoms with Crippen molar-refractivity contribution in [2.24, 2.45) is 5.92 Å². The lowest BCUT2D eigenvalue weighted by molar-refractivity contribution is 0.0745. The first kappa shape index (κ1) is 23.1. The number of halogens is 1. The summed E-state index contributed by atoms with van der Waals surface area (Å²) in [5.74, 6) is 1.80. The molecule has 31 heavy (non-hydrogen) atoms. The molecule has 2 amide bonds. The van der Waals surface area contributed by atoms with E-state index in [-0.39, 0.29) is 11.8 Å². The number of pyridine rings is 1. The average molecular weight is 489 g/mol. The molecule has 7 nitrogen and oxygen atoms in total. The van der Waals surface area contributed by atoms with Crippen molar-refractivity contribution in [1.82, 2.24) is 15.2 Å². The van der Waals surface area contributed by atoms with E-state index in [1.54, 1.807) is 25.4 Å². The first-order chi connectivity index (χ1) is 14.9. The summed E-state index contributed by atoms with van der Waals surface area (Å²) in [4.78, 5) is 33.6. The number of carbonyl (C=O) groups excluding carboxylic acids is 2. The maximum absolute atomic E-state index is 12.9. The van der Waals surface area contributed by atoms with E-state index >= 15 is 0 Å². The molecule has 3 rings (SSSR count). The van der Waals surface area contributed by atoms with Crippen LogP contribution in [0.2, 0.25) is 0 Å². The van der Waals surface area contributed by atoms with E-state index in [1.807, 2.05) is 23.1 Å². The number of nitrogens with one attached hydrogen (secondary N) is 1. The molecule has 1 aromatic carbocycles. The topological polar surface area (TPSA) is 74.8 Å². The van der Waals surface area contributed by atoms with Crippen LogP contribution in [0.3, 0.4) is 0 Å². The third-order valence-electron chi connectivity index (χ3n) is 5.61. The van der Waals surface area contributed by atoms with Crippen LogP contribution in [0.15, 0.2) is 41.0 Å². The van der Waals surface area contributed by atoms with Crippen molar-refractivity contribution < 1.29 is 14.3 Å². The van der Waals surface area contributed by atoms with Gasteiger partial charge in [-0.15, -0.1) is 0 Å². The highest BCUT2D eigenvalue weighted by atomic mass is 79.9. The van der Waals surface area contributed by atoms with Crippen LogP contribution in [-0.2, 0) is 0 Å². The molecule has 1 aliphatic rings. The van der Waals surface area contributed by atoms with Gasteiger partial charge in [0.2, 0.25) is 0 Å². The van der Waals surface area contributed by atoms with Crippen LogP contribution in [0.5, 0.6) is 5.75 Å². The lowest BCUT2D eigenvalue weighted by atomic mass is 10.1. The fraction of sp³-hybridized carbons (Fsp3) is 0.435. The zero-order valence-corrected chi connectivity index (χ0v) is 19.8. The Hall–Kier alpha value is -2.61. The third kappa shape index (κ3) is 5.76. The number of methoxy groups -OCH3 is 1. The second-order valence-electron chi connectivity index (χ2n) is 7.75. The molecule has 2 heterocycles. The van der Waals surface area contributed by atoms with Crippen LogP contribution < -0.4 is 15.0 Å². The highest BCUT2D eigenvalue weighted by Gasteiger charge is 2.24. The van der Waals surface area contributed by atoms with Gasteiger partial charge in [0.05, 0.1) is 18.2 Å². The Morgan fingerprint density at radius 2 is 1.94 bits per heavy atom. The highest BCUT2D eigenvalue weighted by molar-refractivity contribution is 9.10. The molecule has 1 saturated heterocycles. The quantitative estimate of drug-likeness (QED) is 0.644. The summed E-state index contributed by atoms with van der Waals surface area (Å²) in [5, 5.41) is 2.95. The molecule has 1 atom stereocenters. The van der Waals surface area contributed by atoms with E-state index in [0.29, 0.717) is 55.5 Å². The molecule has 1 aliphatic heterocycles. The van der Waals surface area contributed by atoms with E-state index in [2.05, 4.69) is 45.0 Å². The summed E-state index contributed by atoms with van der Waals surface area (Å²) in [5.41, 5.74) is 1.16. The summed E-state index contributed by atoms with van der Waals surface area (Å²) in [6.07, 6.45) is 2.65. The summed E-state index contributed by atoms with van der Waals surface area (Å²) in [6, 6.07) is 9.07. The maximum atomic E-state index is 12.9. The Balaban J connectivity index is 1.57. The number of anilines is 1. The van der Waals surface area contributed by atoms with Gasteiger partial charge in [0.15, 0.2) is 0 Å². The molecule has 8 heteroatoms. The second-order valence-corrected chi connectivity index (χ2v) is 8.61. The number of rotatable bonds is 7. The van der Waals surface area contributed by atoms with Gasteiger partial charge in [-0.1, -0.05) is 20.3 Å². The van der Waals surface area contributed by atoms with Crippen LogP contribution >= 0.6 is 15.9 Å². The van der Waals surface area contributed by atoms with Gasteiger partial charge in [-0.25, -0.2) is 4.98 Å². The van der Waals surface area contributed by atoms with Crippen LogP contribution in [0.1, 0.15) is 41.0 Å². The summed E-state index contributed by atoms with van der Waals surface area (Å²) in [6.45, 7) is 7.44. The highest BCUT2D eigenvalue weighted by Crippen LogP contribution is 2.25. The fourth-order valence-corrected chi connectivity index (χ4v) is 3.74. The van der Waals surface area contributed by atoms with Crippen LogP contribution in [0.25, 0.3) is 0 Å². The largest absolute Gasteiger partial charge is 0.497 e. The third-order valence-corrected chi connectivity index (χ3v) is 6.30. The molecule has 0 bridgehead atoms. The molecule has 0 spiro atoms. The Morgan fingerprint density at radius 3 is 2.55 bits per heavy atom. The molecular formula is C23H29BrN4O3. The van der Waals surface area contributed by atoms with Crippen molar-refractivity contribution in [2.45, 2.75) is 20.3 Å². The minimum atomic E-state index is -0.0985. The van der Waals surface area contributed by atoms with Crippen molar-refractivity contribution in [3.63, 3.8) is 0 Å². The van der Waals surface area contributed by atoms with Gasteiger partial charge in [0, 0.05) is 43.4 Å². The van der Waals surface area contributed by atoms with Gasteiger partial charge >= 0.3 is 0 Å². The molecule has 1 N–H and O–H groups in total. The summed E-state index contributed by atoms with van der Waals surface area (Å²) < 4.78 is 6.00. The predicted molar refractivity (Wildman–Crippen MR) is 125 cm³/mol. The lowest BCUT2D eigenvalue weighted by Crippen LogP contribution is -2.49. The van der Waals surface area contributed by atoms with Crippen LogP contribution in [0.4, 0.5) is 5.82 Å². The molecule has 166 valence electrons. The lowest BCUT2D eigenvalue weighted by Gasteiger charge is -2.35. The fourth-order valence-electron chi connectivity index (χ4n) is 3.32. The minimum Gasteiger partial charge on any atom is -0.497 e. The average Bonchev–Trinajstić information content (AvgIpc) is 2.82. The van der Waals surface area contributed by atoms with E-state index in [9.17, 15) is 9.59 Å². The summed E-state index contributed by atoms with van der Waals surface area (Å²) in [7, 11) is 1.59. The first-order valence-corrected chi connectivity index (χ1v) is 11.3. The van der Waals surface area contributed by atoms with Crippen molar-refractivity contribution in [3.8, 4) is 5.75 Å². The Kier molecular flexibility index (Phi) is 7.90. The van der Waals surface area contributed by atoms with Crippen LogP contribution in [0, 0.1) is 5.92 Å². The number of amides is 2. The Morgan fingerprint density at radius 1 is 1.19 bits per heavy atom. The summed E-state index contributed by atoms with van der Waals surface area (Å²) >= 11 is 3.46. The predicted octanol–water partition coefficient (Wildman–Crippen LogP) is 3.59. The number of hydrogen-bond donors (Lipinski definition) is 1. The smallest absolute Gasteiger partial charge is 0.255 e. The van der Waals surface area contributed by atoms with Crippen molar-refractivity contribution in [3.05, 3.63) is 52.1 Å². The van der Waals surface area contributed by atoms with Gasteiger partial charge in [-0.05, 0) is 52.2 Å². The van der Waals surface area contributed by atoms with E-state index in [0.717, 1.165) is 16.7 Å². The molecule has 1 fully saturated rings. The van der Waals surface area contributed by atoms with E-state index in [1.165, 1.54) is 0 Å². The first-order valence-electron chi connectivity index (χ1n) is 10.5. The SMILES string of the molecule is CCC(C)CNC(=O)c1ccc(N2CCN(C(=O)c3cc(OC)ccc3Br)CC2)nc1. The number of nitrogens with zero attached hydrogens (tertiary/aromatic N) is 3. The number of ether oxygens (including phenoxy) is 1. The molecule has 0 aliphatic carbocycles. The zero-order chi connectivity index (χ0) is 22.4. The number of carbonyl (C=O) groups is 2. The van der Waals surface area contributed by atoms with Gasteiger partial charge < -0.3 is 19.9 Å². The maximum Gasteiger partial charge on any atom is 0.255 e. The zero-order valence-electron chi connectivity index (χ0n) is 18.2. The Bertz CT molecular complexity index is 912. The number of benzene rings is 1. The number of aromatic nitrogens is 1. The monoisotopic (exact) mass is 488 g/mol. The van der Waals surface area contributed by atoms with E-state index < -0.39 is 0 Å². The van der Waals surface area contributed by atoms with Gasteiger partial charge in [-0.3, -0.25) is 9.59 Å². The molecule has 1 unspecified atom stereocenters. The van der Waals surface area contributed by atoms with E-state index in [4.69, 9.17) is 4.74 Å². The molecule has 0 saturated carbocycles. The van der Waals surface area contributed by atoms with Crippen molar-refractivity contribution in [2.75, 3.05) is 44.7 Å².